The molecular formula is C42H50B6N4O7. The third kappa shape index (κ3) is 9.86. The van der Waals surface area contributed by atoms with Crippen molar-refractivity contribution in [2.75, 3.05) is 50.7 Å². The molecule has 2 aromatic heterocycles. The Bertz CT molecular complexity index is 2380. The highest BCUT2D eigenvalue weighted by Crippen LogP contribution is 2.33. The summed E-state index contributed by atoms with van der Waals surface area (Å²) in [7, 11) is 12.2. The lowest BCUT2D eigenvalue weighted by molar-refractivity contribution is -0.101. The number of rotatable bonds is 12. The number of ether oxygens (including phenoxy) is 5. The number of carbonyl (C=O) groups is 1. The normalized spacial score (nSPS) is 16.1. The number of nitrogens with zero attached hydrogens (tertiary/aromatic N) is 2. The molecule has 0 spiro atoms. The summed E-state index contributed by atoms with van der Waals surface area (Å²) >= 11 is 0. The summed E-state index contributed by atoms with van der Waals surface area (Å²) in [5, 5.41) is 2.48. The lowest BCUT2D eigenvalue weighted by Crippen LogP contribution is -2.43. The first-order chi connectivity index (χ1) is 28.3. The van der Waals surface area contributed by atoms with Gasteiger partial charge in [-0.25, -0.2) is 4.98 Å². The predicted molar refractivity (Wildman–Crippen MR) is 251 cm³/mol. The van der Waals surface area contributed by atoms with Crippen molar-refractivity contribution in [1.29, 1.82) is 0 Å². The van der Waals surface area contributed by atoms with E-state index in [2.05, 4.69) is 18.1 Å². The first-order valence-corrected chi connectivity index (χ1v) is 20.5. The summed E-state index contributed by atoms with van der Waals surface area (Å²) in [5.41, 5.74) is 15.6. The molecule has 2 fully saturated rings. The highest BCUT2D eigenvalue weighted by Gasteiger charge is 2.26. The van der Waals surface area contributed by atoms with Crippen LogP contribution in [0.3, 0.4) is 0 Å². The molecule has 59 heavy (non-hydrogen) atoms. The molecule has 298 valence electrons. The van der Waals surface area contributed by atoms with Crippen molar-refractivity contribution < 1.29 is 28.5 Å². The van der Waals surface area contributed by atoms with Crippen molar-refractivity contribution in [3.63, 3.8) is 0 Å². The van der Waals surface area contributed by atoms with Crippen molar-refractivity contribution in [1.82, 2.24) is 9.55 Å². The number of carbonyl (C=O) groups excluding carboxylic acids is 1. The van der Waals surface area contributed by atoms with Crippen LogP contribution in [-0.4, -0.2) is 114 Å². The van der Waals surface area contributed by atoms with Crippen LogP contribution in [-0.2, 0) is 20.8 Å². The molecule has 3 aromatic carbocycles. The fraction of sp³-hybridized carbons (Fsp3) is 0.310. The minimum absolute atomic E-state index is 0.0870. The molecule has 11 nitrogen and oxygen atoms in total. The van der Waals surface area contributed by atoms with Crippen LogP contribution in [0, 0.1) is 12.8 Å². The van der Waals surface area contributed by atoms with E-state index >= 15 is 0 Å². The van der Waals surface area contributed by atoms with Gasteiger partial charge in [-0.05, 0) is 77.1 Å². The lowest BCUT2D eigenvalue weighted by atomic mass is 9.52. The van der Waals surface area contributed by atoms with Gasteiger partial charge in [0.15, 0.2) is 11.5 Å². The second-order valence-electron chi connectivity index (χ2n) is 16.7. The van der Waals surface area contributed by atoms with Crippen molar-refractivity contribution >= 4 is 80.9 Å². The fourth-order valence-corrected chi connectivity index (χ4v) is 7.78. The van der Waals surface area contributed by atoms with Gasteiger partial charge in [0.2, 0.25) is 5.43 Å². The zero-order valence-electron chi connectivity index (χ0n) is 35.3. The largest absolute Gasteiger partial charge is 0.511 e. The van der Waals surface area contributed by atoms with E-state index in [9.17, 15) is 9.59 Å². The number of anilines is 2. The molecule has 7 rings (SSSR count). The summed E-state index contributed by atoms with van der Waals surface area (Å²) in [6.07, 6.45) is 7.05. The van der Waals surface area contributed by atoms with Gasteiger partial charge in [0, 0.05) is 60.5 Å². The Morgan fingerprint density at radius 3 is 2.25 bits per heavy atom. The monoisotopic (exact) mass is 788 g/mol. The first kappa shape index (κ1) is 42.0. The van der Waals surface area contributed by atoms with Gasteiger partial charge in [0.25, 0.3) is 5.91 Å². The van der Waals surface area contributed by atoms with Crippen LogP contribution < -0.4 is 42.3 Å². The zero-order chi connectivity index (χ0) is 41.8. The van der Waals surface area contributed by atoms with E-state index in [0.717, 1.165) is 62.6 Å². The summed E-state index contributed by atoms with van der Waals surface area (Å²) in [6, 6.07) is 17.3. The minimum atomic E-state index is -0.487. The van der Waals surface area contributed by atoms with E-state index in [4.69, 9.17) is 29.4 Å². The maximum Gasteiger partial charge on any atom is 0.261 e. The topological polar surface area (TPSA) is 136 Å². The second kappa shape index (κ2) is 18.0. The molecule has 2 aliphatic rings. The van der Waals surface area contributed by atoms with Gasteiger partial charge < -0.3 is 39.3 Å². The van der Waals surface area contributed by atoms with E-state index in [1.807, 2.05) is 112 Å². The van der Waals surface area contributed by atoms with E-state index in [-0.39, 0.29) is 17.1 Å². The first-order valence-electron chi connectivity index (χ1n) is 20.5. The number of nitrogens with two attached hydrogens (primary N) is 1. The summed E-state index contributed by atoms with van der Waals surface area (Å²) in [5.74, 6) is 1.66. The SMILES string of the molecule is Bc1c(B)c(-c2cnc(N)c(-c3ccc(NC(=O)c4cn(CC5CCOCC5)cc(-c5ccc(C)cc5)c4=O)cc3)c2)c(B)c(OC(B)(B)B)c1OC[C@H]1COCCO1. The maximum atomic E-state index is 13.9. The minimum Gasteiger partial charge on any atom is -0.511 e. The Balaban J connectivity index is 1.16. The number of aryl methyl sites for hydroxylation is 1. The average Bonchev–Trinajstić information content (AvgIpc) is 3.22. The Labute approximate surface area is 351 Å². The number of amides is 1. The van der Waals surface area contributed by atoms with Gasteiger partial charge in [-0.2, -0.15) is 0 Å². The van der Waals surface area contributed by atoms with Crippen LogP contribution in [0.4, 0.5) is 11.5 Å². The van der Waals surface area contributed by atoms with Crippen molar-refractivity contribution in [2.24, 2.45) is 5.92 Å². The summed E-state index contributed by atoms with van der Waals surface area (Å²) in [6.45, 7) is 6.09. The molecule has 0 bridgehead atoms. The van der Waals surface area contributed by atoms with Gasteiger partial charge in [-0.3, -0.25) is 9.59 Å². The predicted octanol–water partition coefficient (Wildman–Crippen LogP) is -1.73. The number of hydrogen-bond donors (Lipinski definition) is 2. The molecular weight excluding hydrogens is 737 g/mol. The average molecular weight is 788 g/mol. The number of nitrogen functional groups attached to an aromatic ring is 1. The van der Waals surface area contributed by atoms with Crippen molar-refractivity contribution in [3.05, 3.63) is 94.5 Å². The fourth-order valence-electron chi connectivity index (χ4n) is 7.78. The molecule has 2 saturated heterocycles. The smallest absolute Gasteiger partial charge is 0.261 e. The number of nitrogens with one attached hydrogen (secondary N) is 1. The molecule has 5 aromatic rings. The van der Waals surface area contributed by atoms with Gasteiger partial charge in [-0.15, -0.1) is 0 Å². The maximum absolute atomic E-state index is 13.9. The standard InChI is InChI=1S/C42H50B6N4O7/c1-23-2-4-26(5-3-23)31-19-52(18-24-10-12-55-13-11-24)20-32(37(31)53)41(54)51-28-8-6-25(7-9-28)30-16-27(17-50-40(30)49)33-34(43)36(45)38(39(35(33)44)59-42(46,47)48)58-22-29-21-56-14-15-57-29/h2-9,16-17,19-20,24,29H,10-15,18,21-22,43-48H2,1H3,(H2,49,50)(H,51,54)/t29-/m1/s1. The van der Waals surface area contributed by atoms with E-state index in [1.165, 1.54) is 0 Å². The molecule has 0 aliphatic carbocycles. The third-order valence-corrected chi connectivity index (χ3v) is 11.1. The number of pyridine rings is 2. The van der Waals surface area contributed by atoms with Gasteiger partial charge in [-0.1, -0.05) is 47.4 Å². The highest BCUT2D eigenvalue weighted by molar-refractivity contribution is 6.59. The Morgan fingerprint density at radius 2 is 1.58 bits per heavy atom. The van der Waals surface area contributed by atoms with Crippen LogP contribution in [0.5, 0.6) is 11.5 Å². The molecule has 1 atom stereocenters. The van der Waals surface area contributed by atoms with E-state index in [1.54, 1.807) is 12.4 Å². The Hall–Kier alpha value is -5.10. The number of hydrogen-bond acceptors (Lipinski definition) is 9. The van der Waals surface area contributed by atoms with Crippen LogP contribution in [0.25, 0.3) is 33.4 Å². The van der Waals surface area contributed by atoms with Gasteiger partial charge in [0.1, 0.15) is 71.2 Å². The molecule has 0 saturated carbocycles. The third-order valence-electron chi connectivity index (χ3n) is 11.1. The van der Waals surface area contributed by atoms with Crippen molar-refractivity contribution in [2.45, 2.75) is 37.7 Å². The molecule has 0 unspecified atom stereocenters. The lowest BCUT2D eigenvalue weighted by Gasteiger charge is -2.30. The highest BCUT2D eigenvalue weighted by atomic mass is 16.6. The Kier molecular flexibility index (Phi) is 12.8. The number of benzene rings is 3. The van der Waals surface area contributed by atoms with Crippen LogP contribution >= 0.6 is 0 Å². The zero-order valence-corrected chi connectivity index (χ0v) is 35.3. The van der Waals surface area contributed by atoms with Gasteiger partial charge >= 0.3 is 0 Å². The molecule has 17 heteroatoms. The summed E-state index contributed by atoms with van der Waals surface area (Å²) < 4.78 is 32.0. The van der Waals surface area contributed by atoms with E-state index < -0.39 is 11.2 Å². The molecule has 3 N–H and O–H groups in total. The summed E-state index contributed by atoms with van der Waals surface area (Å²) in [4.78, 5) is 32.4. The molecule has 0 radical (unpaired) electrons. The quantitative estimate of drug-likeness (QED) is 0.142. The van der Waals surface area contributed by atoms with Crippen molar-refractivity contribution in [3.8, 4) is 44.9 Å². The van der Waals surface area contributed by atoms with Crippen LogP contribution in [0.2, 0.25) is 0 Å². The van der Waals surface area contributed by atoms with E-state index in [0.29, 0.717) is 80.7 Å². The second-order valence-corrected chi connectivity index (χ2v) is 16.7. The Morgan fingerprint density at radius 1 is 0.881 bits per heavy atom. The molecule has 2 aliphatic heterocycles. The number of aromatic nitrogens is 2. The molecule has 1 amide bonds. The molecule has 4 heterocycles. The van der Waals surface area contributed by atoms with Crippen LogP contribution in [0.15, 0.2) is 78.0 Å². The van der Waals surface area contributed by atoms with Crippen LogP contribution in [0.1, 0.15) is 28.8 Å². The van der Waals surface area contributed by atoms with Gasteiger partial charge in [0.05, 0.1) is 19.8 Å².